The Kier molecular flexibility index (Phi) is 9.84. The Bertz CT molecular complexity index is 647. The van der Waals surface area contributed by atoms with Crippen molar-refractivity contribution in [3.05, 3.63) is 23.2 Å². The van der Waals surface area contributed by atoms with Crippen LogP contribution in [0, 0.1) is 0 Å². The molecule has 0 saturated carbocycles. The van der Waals surface area contributed by atoms with Gasteiger partial charge in [-0.05, 0) is 31.5 Å². The van der Waals surface area contributed by atoms with Crippen LogP contribution in [0.4, 0.5) is 5.69 Å². The van der Waals surface area contributed by atoms with Crippen LogP contribution in [0.15, 0.2) is 23.1 Å². The Labute approximate surface area is 155 Å². The first kappa shape index (κ1) is 23.1. The number of nitrogens with two attached hydrogens (primary N) is 1. The molecule has 0 aromatic heterocycles. The van der Waals surface area contributed by atoms with Gasteiger partial charge in [0.05, 0.1) is 5.02 Å². The first-order chi connectivity index (χ1) is 10.7. The van der Waals surface area contributed by atoms with Crippen molar-refractivity contribution in [3.63, 3.8) is 0 Å². The first-order valence-corrected chi connectivity index (χ1v) is 9.39. The van der Waals surface area contributed by atoms with Gasteiger partial charge in [0, 0.05) is 31.2 Å². The van der Waals surface area contributed by atoms with Crippen LogP contribution in [0.2, 0.25) is 5.02 Å². The molecule has 0 fully saturated rings. The molecule has 0 spiro atoms. The molecule has 0 bridgehead atoms. The molecule has 1 rings (SSSR count). The molecule has 9 heteroatoms. The van der Waals surface area contributed by atoms with E-state index in [1.807, 2.05) is 6.92 Å². The molecule has 3 N–H and O–H groups in total. The molecule has 0 aliphatic carbocycles. The van der Waals surface area contributed by atoms with E-state index in [9.17, 15) is 13.2 Å². The molecule has 0 aliphatic rings. The number of nitrogens with zero attached hydrogens (tertiary/aromatic N) is 1. The summed E-state index contributed by atoms with van der Waals surface area (Å²) < 4.78 is 26.5. The Morgan fingerprint density at radius 2 is 1.92 bits per heavy atom. The van der Waals surface area contributed by atoms with Crippen LogP contribution in [0.3, 0.4) is 0 Å². The second-order valence-corrected chi connectivity index (χ2v) is 7.61. The highest BCUT2D eigenvalue weighted by Crippen LogP contribution is 2.27. The van der Waals surface area contributed by atoms with Crippen LogP contribution in [0.25, 0.3) is 0 Å². The Hall–Kier alpha value is -0.860. The number of amides is 1. The zero-order valence-electron chi connectivity index (χ0n) is 14.1. The third-order valence-electron chi connectivity index (χ3n) is 3.36. The van der Waals surface area contributed by atoms with Crippen molar-refractivity contribution in [2.24, 2.45) is 5.73 Å². The van der Waals surface area contributed by atoms with E-state index in [1.165, 1.54) is 16.4 Å². The second-order valence-electron chi connectivity index (χ2n) is 5.30. The molecule has 138 valence electrons. The molecule has 1 unspecified atom stereocenters. The van der Waals surface area contributed by atoms with Crippen molar-refractivity contribution in [2.75, 3.05) is 18.4 Å². The van der Waals surface area contributed by atoms with Crippen LogP contribution in [-0.4, -0.2) is 37.8 Å². The molecule has 24 heavy (non-hydrogen) atoms. The maximum atomic E-state index is 12.6. The van der Waals surface area contributed by atoms with E-state index in [2.05, 4.69) is 5.32 Å². The van der Waals surface area contributed by atoms with E-state index in [0.29, 0.717) is 25.2 Å². The quantitative estimate of drug-likeness (QED) is 0.704. The van der Waals surface area contributed by atoms with E-state index < -0.39 is 10.0 Å². The maximum absolute atomic E-state index is 12.6. The summed E-state index contributed by atoms with van der Waals surface area (Å²) in [6.45, 7) is 6.04. The van der Waals surface area contributed by atoms with Crippen molar-refractivity contribution < 1.29 is 13.2 Å². The molecule has 1 aromatic rings. The lowest BCUT2D eigenvalue weighted by Gasteiger charge is -2.19. The summed E-state index contributed by atoms with van der Waals surface area (Å²) in [5.41, 5.74) is 6.01. The van der Waals surface area contributed by atoms with Gasteiger partial charge >= 0.3 is 0 Å². The van der Waals surface area contributed by atoms with Gasteiger partial charge in [-0.1, -0.05) is 25.4 Å². The lowest BCUT2D eigenvalue weighted by molar-refractivity contribution is -0.116. The van der Waals surface area contributed by atoms with Gasteiger partial charge in [-0.3, -0.25) is 4.79 Å². The normalized spacial score (nSPS) is 12.6. The van der Waals surface area contributed by atoms with Crippen molar-refractivity contribution in [1.29, 1.82) is 0 Å². The average molecular weight is 398 g/mol. The van der Waals surface area contributed by atoms with Gasteiger partial charge < -0.3 is 11.1 Å². The first-order valence-electron chi connectivity index (χ1n) is 7.57. The predicted octanol–water partition coefficient (Wildman–Crippen LogP) is 2.86. The summed E-state index contributed by atoms with van der Waals surface area (Å²) in [4.78, 5) is 11.8. The van der Waals surface area contributed by atoms with Gasteiger partial charge in [-0.2, -0.15) is 4.31 Å². The maximum Gasteiger partial charge on any atom is 0.244 e. The number of halogens is 2. The molecular formula is C15H25Cl2N3O3S. The highest BCUT2D eigenvalue weighted by molar-refractivity contribution is 7.89. The summed E-state index contributed by atoms with van der Waals surface area (Å²) >= 11 is 6.04. The van der Waals surface area contributed by atoms with Gasteiger partial charge in [-0.15, -0.1) is 12.4 Å². The van der Waals surface area contributed by atoms with E-state index >= 15 is 0 Å². The monoisotopic (exact) mass is 397 g/mol. The van der Waals surface area contributed by atoms with Gasteiger partial charge in [0.2, 0.25) is 15.9 Å². The lowest BCUT2D eigenvalue weighted by Crippen LogP contribution is -2.30. The minimum Gasteiger partial charge on any atom is -0.328 e. The minimum atomic E-state index is -3.69. The number of carbonyl (C=O) groups excluding carboxylic acids is 1. The topological polar surface area (TPSA) is 92.5 Å². The number of anilines is 1. The number of carbonyl (C=O) groups is 1. The van der Waals surface area contributed by atoms with Crippen LogP contribution >= 0.6 is 24.0 Å². The molecular weight excluding hydrogens is 373 g/mol. The van der Waals surface area contributed by atoms with Gasteiger partial charge in [0.25, 0.3) is 0 Å². The van der Waals surface area contributed by atoms with E-state index in [1.54, 1.807) is 19.9 Å². The predicted molar refractivity (Wildman–Crippen MR) is 100 cm³/mol. The van der Waals surface area contributed by atoms with Crippen molar-refractivity contribution >= 4 is 45.6 Å². The van der Waals surface area contributed by atoms with Crippen LogP contribution in [0.5, 0.6) is 0 Å². The highest BCUT2D eigenvalue weighted by Gasteiger charge is 2.24. The summed E-state index contributed by atoms with van der Waals surface area (Å²) in [7, 11) is -3.69. The summed E-state index contributed by atoms with van der Waals surface area (Å²) in [5.74, 6) is -0.212. The van der Waals surface area contributed by atoms with Gasteiger partial charge in [0.1, 0.15) is 4.90 Å². The fourth-order valence-corrected chi connectivity index (χ4v) is 4.02. The SMILES string of the molecule is CCN(CC)S(=O)(=O)c1cc(NC(=O)CCC(C)N)ccc1Cl.Cl. The number of hydrogen-bond donors (Lipinski definition) is 2. The highest BCUT2D eigenvalue weighted by atomic mass is 35.5. The average Bonchev–Trinajstić information content (AvgIpc) is 2.48. The number of benzene rings is 1. The number of hydrogen-bond acceptors (Lipinski definition) is 4. The zero-order chi connectivity index (χ0) is 17.6. The number of nitrogens with one attached hydrogen (secondary N) is 1. The Morgan fingerprint density at radius 1 is 1.33 bits per heavy atom. The van der Waals surface area contributed by atoms with Crippen molar-refractivity contribution in [3.8, 4) is 0 Å². The van der Waals surface area contributed by atoms with E-state index in [0.717, 1.165) is 0 Å². The molecule has 0 saturated heterocycles. The second kappa shape index (κ2) is 10.2. The smallest absolute Gasteiger partial charge is 0.244 e. The van der Waals surface area contributed by atoms with E-state index in [-0.39, 0.29) is 40.7 Å². The molecule has 0 aliphatic heterocycles. The van der Waals surface area contributed by atoms with E-state index in [4.69, 9.17) is 17.3 Å². The summed E-state index contributed by atoms with van der Waals surface area (Å²) in [6, 6.07) is 4.37. The number of rotatable bonds is 8. The number of sulfonamides is 1. The van der Waals surface area contributed by atoms with Crippen molar-refractivity contribution in [1.82, 2.24) is 4.31 Å². The minimum absolute atomic E-state index is 0. The lowest BCUT2D eigenvalue weighted by atomic mass is 10.2. The third-order valence-corrected chi connectivity index (χ3v) is 5.90. The van der Waals surface area contributed by atoms with Crippen LogP contribution in [-0.2, 0) is 14.8 Å². The molecule has 0 radical (unpaired) electrons. The zero-order valence-corrected chi connectivity index (χ0v) is 16.5. The van der Waals surface area contributed by atoms with Gasteiger partial charge in [0.15, 0.2) is 0 Å². The Balaban J connectivity index is 0.00000529. The summed E-state index contributed by atoms with van der Waals surface area (Å²) in [5, 5.41) is 2.81. The molecule has 1 amide bonds. The molecule has 1 aromatic carbocycles. The Morgan fingerprint density at radius 3 is 2.42 bits per heavy atom. The van der Waals surface area contributed by atoms with Crippen LogP contribution in [0.1, 0.15) is 33.6 Å². The fraction of sp³-hybridized carbons (Fsp3) is 0.533. The van der Waals surface area contributed by atoms with Crippen LogP contribution < -0.4 is 11.1 Å². The summed E-state index contributed by atoms with van der Waals surface area (Å²) in [6.07, 6.45) is 0.836. The molecule has 6 nitrogen and oxygen atoms in total. The fourth-order valence-electron chi connectivity index (χ4n) is 2.06. The largest absolute Gasteiger partial charge is 0.328 e. The standard InChI is InChI=1S/C15H24ClN3O3S.ClH/c1-4-19(5-2)23(21,22)14-10-12(7-8-13(14)16)18-15(20)9-6-11(3)17;/h7-8,10-11H,4-6,9,17H2,1-3H3,(H,18,20);1H. The molecule has 0 heterocycles. The van der Waals surface area contributed by atoms with Gasteiger partial charge in [-0.25, -0.2) is 8.42 Å². The third kappa shape index (κ3) is 6.22. The van der Waals surface area contributed by atoms with Crippen molar-refractivity contribution in [2.45, 2.75) is 44.6 Å². The molecule has 1 atom stereocenters.